The first kappa shape index (κ1) is 11.8. The average Bonchev–Trinajstić information content (AvgIpc) is 2.21. The van der Waals surface area contributed by atoms with Gasteiger partial charge in [0.2, 0.25) is 0 Å². The number of aliphatic hydroxyl groups is 1. The molecule has 0 bridgehead atoms. The molecule has 4 heteroatoms. The molecule has 0 radical (unpaired) electrons. The maximum atomic E-state index is 13.1. The summed E-state index contributed by atoms with van der Waals surface area (Å²) < 4.78 is 26.2. The van der Waals surface area contributed by atoms with Crippen LogP contribution in [0.1, 0.15) is 18.4 Å². The summed E-state index contributed by atoms with van der Waals surface area (Å²) in [4.78, 5) is 11.2. The van der Waals surface area contributed by atoms with E-state index >= 15 is 0 Å². The van der Waals surface area contributed by atoms with E-state index in [2.05, 4.69) is 0 Å². The lowest BCUT2D eigenvalue weighted by molar-refractivity contribution is -0.118. The van der Waals surface area contributed by atoms with Crippen molar-refractivity contribution in [1.82, 2.24) is 0 Å². The van der Waals surface area contributed by atoms with Gasteiger partial charge in [-0.05, 0) is 18.6 Å². The lowest BCUT2D eigenvalue weighted by Crippen LogP contribution is -2.07. The van der Waals surface area contributed by atoms with E-state index in [1.807, 2.05) is 0 Å². The molecule has 0 spiro atoms. The van der Waals surface area contributed by atoms with Crippen molar-refractivity contribution >= 4 is 5.78 Å². The monoisotopic (exact) mass is 214 g/mol. The zero-order valence-corrected chi connectivity index (χ0v) is 8.17. The molecular formula is C11H12F2O2. The highest BCUT2D eigenvalue weighted by Crippen LogP contribution is 2.13. The molecule has 0 amide bonds. The van der Waals surface area contributed by atoms with Crippen molar-refractivity contribution in [2.24, 2.45) is 0 Å². The average molecular weight is 214 g/mol. The minimum Gasteiger partial charge on any atom is -0.396 e. The number of carbonyl (C=O) groups excluding carboxylic acids is 1. The number of rotatable bonds is 5. The zero-order chi connectivity index (χ0) is 11.3. The van der Waals surface area contributed by atoms with Gasteiger partial charge in [-0.1, -0.05) is 6.07 Å². The normalized spacial score (nSPS) is 10.3. The Morgan fingerprint density at radius 2 is 1.87 bits per heavy atom. The van der Waals surface area contributed by atoms with Crippen molar-refractivity contribution in [3.05, 3.63) is 35.4 Å². The predicted molar refractivity (Wildman–Crippen MR) is 51.4 cm³/mol. The van der Waals surface area contributed by atoms with Crippen molar-refractivity contribution in [3.8, 4) is 0 Å². The highest BCUT2D eigenvalue weighted by molar-refractivity contribution is 5.80. The molecule has 0 aliphatic heterocycles. The van der Waals surface area contributed by atoms with E-state index in [1.165, 1.54) is 6.07 Å². The highest BCUT2D eigenvalue weighted by Gasteiger charge is 2.12. The number of carbonyl (C=O) groups is 1. The third-order valence-electron chi connectivity index (χ3n) is 2.05. The summed E-state index contributed by atoms with van der Waals surface area (Å²) in [5.74, 6) is -1.67. The molecule has 0 fully saturated rings. The SMILES string of the molecule is O=C(CCCO)Cc1c(F)cccc1F. The van der Waals surface area contributed by atoms with E-state index in [-0.39, 0.29) is 30.8 Å². The fraction of sp³-hybridized carbons (Fsp3) is 0.364. The van der Waals surface area contributed by atoms with Crippen LogP contribution in [0, 0.1) is 11.6 Å². The third kappa shape index (κ3) is 3.40. The topological polar surface area (TPSA) is 37.3 Å². The first-order valence-electron chi connectivity index (χ1n) is 4.70. The van der Waals surface area contributed by atoms with Gasteiger partial charge < -0.3 is 5.11 Å². The van der Waals surface area contributed by atoms with Crippen molar-refractivity contribution < 1.29 is 18.7 Å². The quantitative estimate of drug-likeness (QED) is 0.812. The van der Waals surface area contributed by atoms with Crippen LogP contribution >= 0.6 is 0 Å². The summed E-state index contributed by atoms with van der Waals surface area (Å²) in [5.41, 5.74) is -0.194. The molecule has 0 saturated heterocycles. The molecule has 0 unspecified atom stereocenters. The Hall–Kier alpha value is -1.29. The van der Waals surface area contributed by atoms with Gasteiger partial charge >= 0.3 is 0 Å². The van der Waals surface area contributed by atoms with E-state index in [0.717, 1.165) is 12.1 Å². The summed E-state index contributed by atoms with van der Waals surface area (Å²) in [6.45, 7) is -0.0918. The van der Waals surface area contributed by atoms with E-state index < -0.39 is 11.6 Å². The number of aliphatic hydroxyl groups excluding tert-OH is 1. The summed E-state index contributed by atoms with van der Waals surface area (Å²) in [6, 6.07) is 3.50. The van der Waals surface area contributed by atoms with Gasteiger partial charge in [-0.15, -0.1) is 0 Å². The lowest BCUT2D eigenvalue weighted by Gasteiger charge is -2.03. The van der Waals surface area contributed by atoms with Crippen molar-refractivity contribution in [1.29, 1.82) is 0 Å². The Morgan fingerprint density at radius 3 is 2.40 bits per heavy atom. The second-order valence-corrected chi connectivity index (χ2v) is 3.24. The lowest BCUT2D eigenvalue weighted by atomic mass is 10.0. The van der Waals surface area contributed by atoms with Crippen LogP contribution in [0.5, 0.6) is 0 Å². The van der Waals surface area contributed by atoms with E-state index in [9.17, 15) is 13.6 Å². The molecule has 0 aliphatic rings. The fourth-order valence-corrected chi connectivity index (χ4v) is 1.26. The molecule has 1 aromatic rings. The highest BCUT2D eigenvalue weighted by atomic mass is 19.1. The van der Waals surface area contributed by atoms with Crippen LogP contribution in [-0.4, -0.2) is 17.5 Å². The maximum Gasteiger partial charge on any atom is 0.137 e. The van der Waals surface area contributed by atoms with Gasteiger partial charge in [0.05, 0.1) is 0 Å². The summed E-state index contributed by atoms with van der Waals surface area (Å²) in [5, 5.41) is 8.49. The molecule has 0 aliphatic carbocycles. The molecule has 15 heavy (non-hydrogen) atoms. The van der Waals surface area contributed by atoms with Crippen LogP contribution < -0.4 is 0 Å². The summed E-state index contributed by atoms with van der Waals surface area (Å²) >= 11 is 0. The van der Waals surface area contributed by atoms with E-state index in [0.29, 0.717) is 6.42 Å². The molecule has 2 nitrogen and oxygen atoms in total. The van der Waals surface area contributed by atoms with E-state index in [4.69, 9.17) is 5.11 Å². The van der Waals surface area contributed by atoms with Crippen LogP contribution in [0.3, 0.4) is 0 Å². The van der Waals surface area contributed by atoms with Gasteiger partial charge in [-0.3, -0.25) is 4.79 Å². The minimum absolute atomic E-state index is 0.0918. The predicted octanol–water partition coefficient (Wildman–Crippen LogP) is 1.85. The Bertz CT molecular complexity index is 330. The van der Waals surface area contributed by atoms with Gasteiger partial charge in [0, 0.05) is 25.0 Å². The molecule has 0 saturated carbocycles. The molecular weight excluding hydrogens is 202 g/mol. The second kappa shape index (κ2) is 5.56. The molecule has 1 rings (SSSR count). The maximum absolute atomic E-state index is 13.1. The molecule has 0 aromatic heterocycles. The fourth-order valence-electron chi connectivity index (χ4n) is 1.26. The number of halogens is 2. The molecule has 1 N–H and O–H groups in total. The van der Waals surface area contributed by atoms with Crippen LogP contribution in [0.4, 0.5) is 8.78 Å². The summed E-state index contributed by atoms with van der Waals surface area (Å²) in [7, 11) is 0. The van der Waals surface area contributed by atoms with E-state index in [1.54, 1.807) is 0 Å². The van der Waals surface area contributed by atoms with Gasteiger partial charge in [0.15, 0.2) is 0 Å². The van der Waals surface area contributed by atoms with Crippen LogP contribution in [0.25, 0.3) is 0 Å². The number of hydrogen-bond donors (Lipinski definition) is 1. The first-order valence-corrected chi connectivity index (χ1v) is 4.70. The summed E-state index contributed by atoms with van der Waals surface area (Å²) in [6.07, 6.45) is 0.220. The first-order chi connectivity index (χ1) is 7.15. The molecule has 1 aromatic carbocycles. The Balaban J connectivity index is 2.68. The largest absolute Gasteiger partial charge is 0.396 e. The molecule has 0 heterocycles. The minimum atomic E-state index is -0.702. The number of ketones is 1. The van der Waals surface area contributed by atoms with Gasteiger partial charge in [-0.25, -0.2) is 8.78 Å². The van der Waals surface area contributed by atoms with Crippen LogP contribution in [0.2, 0.25) is 0 Å². The Labute approximate surface area is 86.5 Å². The number of hydrogen-bond acceptors (Lipinski definition) is 2. The van der Waals surface area contributed by atoms with Gasteiger partial charge in [0.1, 0.15) is 17.4 Å². The van der Waals surface area contributed by atoms with Crippen LogP contribution in [0.15, 0.2) is 18.2 Å². The third-order valence-corrected chi connectivity index (χ3v) is 2.05. The zero-order valence-electron chi connectivity index (χ0n) is 8.17. The second-order valence-electron chi connectivity index (χ2n) is 3.24. The van der Waals surface area contributed by atoms with Crippen LogP contribution in [-0.2, 0) is 11.2 Å². The van der Waals surface area contributed by atoms with Crippen molar-refractivity contribution in [2.45, 2.75) is 19.3 Å². The van der Waals surface area contributed by atoms with Gasteiger partial charge in [0.25, 0.3) is 0 Å². The van der Waals surface area contributed by atoms with Crippen molar-refractivity contribution in [2.75, 3.05) is 6.61 Å². The Kier molecular flexibility index (Phi) is 4.37. The van der Waals surface area contributed by atoms with Gasteiger partial charge in [-0.2, -0.15) is 0 Å². The smallest absolute Gasteiger partial charge is 0.137 e. The molecule has 0 atom stereocenters. The molecule has 82 valence electrons. The van der Waals surface area contributed by atoms with Crippen molar-refractivity contribution in [3.63, 3.8) is 0 Å². The standard InChI is InChI=1S/C11H12F2O2/c12-10-4-1-5-11(13)9(10)7-8(15)3-2-6-14/h1,4-5,14H,2-3,6-7H2. The Morgan fingerprint density at radius 1 is 1.27 bits per heavy atom. The number of benzene rings is 1. The number of Topliss-reactive ketones (excluding diaryl/α,β-unsaturated/α-hetero) is 1.